The zero-order valence-corrected chi connectivity index (χ0v) is 15.5. The molecule has 1 aromatic carbocycles. The third kappa shape index (κ3) is 4.13. The van der Waals surface area contributed by atoms with Crippen LogP contribution in [-0.4, -0.2) is 36.5 Å². The van der Waals surface area contributed by atoms with Gasteiger partial charge in [0.1, 0.15) is 0 Å². The molecule has 122 valence electrons. The van der Waals surface area contributed by atoms with E-state index in [2.05, 4.69) is 32.8 Å². The minimum Gasteiger partial charge on any atom is -0.327 e. The summed E-state index contributed by atoms with van der Waals surface area (Å²) in [7, 11) is 0. The molecule has 1 aliphatic heterocycles. The van der Waals surface area contributed by atoms with Crippen molar-refractivity contribution in [2.24, 2.45) is 17.6 Å². The molecule has 3 unspecified atom stereocenters. The summed E-state index contributed by atoms with van der Waals surface area (Å²) in [6, 6.07) is 8.19. The van der Waals surface area contributed by atoms with Gasteiger partial charge in [-0.05, 0) is 59.4 Å². The van der Waals surface area contributed by atoms with Crippen molar-refractivity contribution in [3.63, 3.8) is 0 Å². The van der Waals surface area contributed by atoms with Crippen LogP contribution in [0.2, 0.25) is 0 Å². The Morgan fingerprint density at radius 2 is 2.09 bits per heavy atom. The third-order valence-electron chi connectivity index (χ3n) is 4.74. The number of anilines is 1. The van der Waals surface area contributed by atoms with Gasteiger partial charge in [0.15, 0.2) is 0 Å². The Morgan fingerprint density at radius 3 is 2.82 bits per heavy atom. The van der Waals surface area contributed by atoms with Gasteiger partial charge >= 0.3 is 0 Å². The van der Waals surface area contributed by atoms with Gasteiger partial charge in [-0.3, -0.25) is 9.69 Å². The molecule has 22 heavy (non-hydrogen) atoms. The second-order valence-corrected chi connectivity index (χ2v) is 7.40. The number of likely N-dealkylation sites (tertiary alicyclic amines) is 1. The summed E-state index contributed by atoms with van der Waals surface area (Å²) in [5.41, 5.74) is 7.13. The van der Waals surface area contributed by atoms with Crippen LogP contribution in [0.15, 0.2) is 24.3 Å². The molecule has 4 nitrogen and oxygen atoms in total. The van der Waals surface area contributed by atoms with Crippen molar-refractivity contribution in [3.05, 3.63) is 27.8 Å². The molecular formula is C16H23ClIN3O. The van der Waals surface area contributed by atoms with Crippen LogP contribution in [-0.2, 0) is 4.79 Å². The number of rotatable bonds is 3. The molecule has 3 rings (SSSR count). The topological polar surface area (TPSA) is 58.4 Å². The molecule has 0 spiro atoms. The molecule has 1 aromatic rings. The monoisotopic (exact) mass is 435 g/mol. The predicted molar refractivity (Wildman–Crippen MR) is 100 cm³/mol. The first-order valence-electron chi connectivity index (χ1n) is 7.66. The van der Waals surface area contributed by atoms with Crippen LogP contribution in [0.4, 0.5) is 5.69 Å². The Hall–Kier alpha value is -0.370. The fourth-order valence-electron chi connectivity index (χ4n) is 3.69. The second kappa shape index (κ2) is 7.95. The quantitative estimate of drug-likeness (QED) is 0.718. The van der Waals surface area contributed by atoms with Crippen LogP contribution in [0.5, 0.6) is 0 Å². The van der Waals surface area contributed by atoms with Crippen LogP contribution >= 0.6 is 35.0 Å². The Bertz CT molecular complexity index is 528. The number of amides is 1. The van der Waals surface area contributed by atoms with Gasteiger partial charge in [-0.15, -0.1) is 12.4 Å². The Kier molecular flexibility index (Phi) is 6.49. The minimum atomic E-state index is 0. The van der Waals surface area contributed by atoms with Crippen LogP contribution in [0, 0.1) is 15.4 Å². The normalized spacial score (nSPS) is 27.8. The highest BCUT2D eigenvalue weighted by Crippen LogP contribution is 2.35. The number of carbonyl (C=O) groups is 1. The van der Waals surface area contributed by atoms with Gasteiger partial charge in [-0.25, -0.2) is 0 Å². The zero-order valence-electron chi connectivity index (χ0n) is 12.5. The minimum absolute atomic E-state index is 0. The van der Waals surface area contributed by atoms with Crippen molar-refractivity contribution in [2.75, 3.05) is 25.0 Å². The van der Waals surface area contributed by atoms with E-state index in [9.17, 15) is 4.79 Å². The van der Waals surface area contributed by atoms with Gasteiger partial charge in [-0.1, -0.05) is 18.6 Å². The van der Waals surface area contributed by atoms with Gasteiger partial charge in [-0.2, -0.15) is 0 Å². The third-order valence-corrected chi connectivity index (χ3v) is 5.69. The molecule has 2 fully saturated rings. The van der Waals surface area contributed by atoms with Crippen LogP contribution in [0.1, 0.15) is 19.3 Å². The van der Waals surface area contributed by atoms with Crippen molar-refractivity contribution in [2.45, 2.75) is 25.3 Å². The van der Waals surface area contributed by atoms with Crippen LogP contribution in [0.25, 0.3) is 0 Å². The summed E-state index contributed by atoms with van der Waals surface area (Å²) < 4.78 is 1.07. The molecule has 6 heteroatoms. The number of carbonyl (C=O) groups excluding carboxylic acids is 1. The first kappa shape index (κ1) is 18.0. The van der Waals surface area contributed by atoms with E-state index in [0.29, 0.717) is 24.4 Å². The van der Waals surface area contributed by atoms with Crippen molar-refractivity contribution in [1.29, 1.82) is 0 Å². The number of nitrogens with zero attached hydrogens (tertiary/aromatic N) is 1. The molecule has 3 atom stereocenters. The van der Waals surface area contributed by atoms with E-state index in [1.165, 1.54) is 12.8 Å². The largest absolute Gasteiger partial charge is 0.327 e. The zero-order chi connectivity index (χ0) is 14.8. The summed E-state index contributed by atoms with van der Waals surface area (Å²) in [4.78, 5) is 14.5. The number of halogens is 2. The molecule has 1 saturated heterocycles. The Morgan fingerprint density at radius 1 is 1.32 bits per heavy atom. The summed E-state index contributed by atoms with van der Waals surface area (Å²) in [6.45, 7) is 2.48. The number of hydrogen-bond acceptors (Lipinski definition) is 3. The lowest BCUT2D eigenvalue weighted by Gasteiger charge is -2.29. The predicted octanol–water partition coefficient (Wildman–Crippen LogP) is 2.71. The highest BCUT2D eigenvalue weighted by atomic mass is 127. The molecule has 1 saturated carbocycles. The molecular weight excluding hydrogens is 413 g/mol. The summed E-state index contributed by atoms with van der Waals surface area (Å²) >= 11 is 2.24. The Balaban J connectivity index is 0.00000176. The van der Waals surface area contributed by atoms with E-state index in [-0.39, 0.29) is 18.3 Å². The number of para-hydroxylation sites is 1. The molecule has 1 aliphatic carbocycles. The number of nitrogens with one attached hydrogen (secondary N) is 1. The van der Waals surface area contributed by atoms with Crippen LogP contribution < -0.4 is 11.1 Å². The molecule has 0 bridgehead atoms. The smallest absolute Gasteiger partial charge is 0.238 e. The van der Waals surface area contributed by atoms with Gasteiger partial charge in [0, 0.05) is 22.7 Å². The lowest BCUT2D eigenvalue weighted by atomic mass is 9.78. The van der Waals surface area contributed by atoms with E-state index in [1.54, 1.807) is 0 Å². The van der Waals surface area contributed by atoms with Gasteiger partial charge in [0.2, 0.25) is 5.91 Å². The Labute approximate surface area is 151 Å². The summed E-state index contributed by atoms with van der Waals surface area (Å²) in [5.74, 6) is 1.35. The number of fused-ring (bicyclic) bond motifs is 1. The van der Waals surface area contributed by atoms with E-state index >= 15 is 0 Å². The fraction of sp³-hybridized carbons (Fsp3) is 0.562. The van der Waals surface area contributed by atoms with E-state index in [4.69, 9.17) is 5.73 Å². The van der Waals surface area contributed by atoms with E-state index < -0.39 is 0 Å². The maximum absolute atomic E-state index is 12.2. The van der Waals surface area contributed by atoms with Crippen molar-refractivity contribution >= 4 is 46.6 Å². The van der Waals surface area contributed by atoms with Gasteiger partial charge in [0.25, 0.3) is 0 Å². The van der Waals surface area contributed by atoms with Gasteiger partial charge < -0.3 is 11.1 Å². The lowest BCUT2D eigenvalue weighted by molar-refractivity contribution is -0.117. The average molecular weight is 436 g/mol. The fourth-order valence-corrected chi connectivity index (χ4v) is 4.22. The highest BCUT2D eigenvalue weighted by molar-refractivity contribution is 14.1. The van der Waals surface area contributed by atoms with Crippen molar-refractivity contribution < 1.29 is 4.79 Å². The maximum atomic E-state index is 12.2. The molecule has 0 aromatic heterocycles. The first-order chi connectivity index (χ1) is 10.1. The SMILES string of the molecule is Cl.NC1CCCC2CN(CC(=O)Nc3ccccc3I)CC12. The van der Waals surface area contributed by atoms with E-state index in [1.807, 2.05) is 24.3 Å². The molecule has 0 radical (unpaired) electrons. The standard InChI is InChI=1S/C16H22IN3O.ClH/c17-13-5-1-2-7-15(13)19-16(21)10-20-8-11-4-3-6-14(18)12(11)9-20;/h1-2,5,7,11-12,14H,3-4,6,8-10,18H2,(H,19,21);1H. The number of benzene rings is 1. The second-order valence-electron chi connectivity index (χ2n) is 6.24. The molecule has 1 amide bonds. The molecule has 2 aliphatic rings. The summed E-state index contributed by atoms with van der Waals surface area (Å²) in [5, 5.41) is 3.01. The van der Waals surface area contributed by atoms with E-state index in [0.717, 1.165) is 28.8 Å². The average Bonchev–Trinajstić information content (AvgIpc) is 2.85. The number of hydrogen-bond donors (Lipinski definition) is 2. The van der Waals surface area contributed by atoms with Crippen molar-refractivity contribution in [3.8, 4) is 0 Å². The van der Waals surface area contributed by atoms with Crippen LogP contribution in [0.3, 0.4) is 0 Å². The summed E-state index contributed by atoms with van der Waals surface area (Å²) in [6.07, 6.45) is 3.65. The highest BCUT2D eigenvalue weighted by Gasteiger charge is 2.38. The van der Waals surface area contributed by atoms with Gasteiger partial charge in [0.05, 0.1) is 12.2 Å². The first-order valence-corrected chi connectivity index (χ1v) is 8.73. The molecule has 3 N–H and O–H groups in total. The lowest BCUT2D eigenvalue weighted by Crippen LogP contribution is -2.38. The van der Waals surface area contributed by atoms with Crippen molar-refractivity contribution in [1.82, 2.24) is 4.90 Å². The number of nitrogens with two attached hydrogens (primary N) is 1. The maximum Gasteiger partial charge on any atom is 0.238 e. The molecule has 1 heterocycles.